The van der Waals surface area contributed by atoms with Gasteiger partial charge < -0.3 is 14.2 Å². The molecule has 0 saturated heterocycles. The summed E-state index contributed by atoms with van der Waals surface area (Å²) in [5.41, 5.74) is 0. The van der Waals surface area contributed by atoms with Gasteiger partial charge in [-0.25, -0.2) is 0 Å². The fraction of sp³-hybridized carbons (Fsp3) is 0.747. The Morgan fingerprint density at radius 1 is 0.259 bits per heavy atom. The fourth-order valence-electron chi connectivity index (χ4n) is 9.89. The van der Waals surface area contributed by atoms with Crippen molar-refractivity contribution in [3.63, 3.8) is 0 Å². The third-order valence-corrected chi connectivity index (χ3v) is 15.1. The Morgan fingerprint density at radius 3 is 0.765 bits per heavy atom. The van der Waals surface area contributed by atoms with Crippen LogP contribution in [0.25, 0.3) is 0 Å². The number of carbonyl (C=O) groups excluding carboxylic acids is 3. The highest BCUT2D eigenvalue weighted by Crippen LogP contribution is 2.17. The van der Waals surface area contributed by atoms with Crippen molar-refractivity contribution in [1.82, 2.24) is 0 Å². The van der Waals surface area contributed by atoms with E-state index in [1.54, 1.807) is 0 Å². The van der Waals surface area contributed by atoms with Crippen molar-refractivity contribution < 1.29 is 28.6 Å². The summed E-state index contributed by atoms with van der Waals surface area (Å²) in [5.74, 6) is -0.867. The van der Waals surface area contributed by atoms with Gasteiger partial charge in [-0.05, 0) is 103 Å². The number of hydrogen-bond donors (Lipinski definition) is 0. The van der Waals surface area contributed by atoms with Crippen LogP contribution in [0.4, 0.5) is 0 Å². The predicted molar refractivity (Wildman–Crippen MR) is 353 cm³/mol. The summed E-state index contributed by atoms with van der Waals surface area (Å²) in [5, 5.41) is 0. The second-order valence-corrected chi connectivity index (χ2v) is 23.1. The van der Waals surface area contributed by atoms with Crippen molar-refractivity contribution in [2.75, 3.05) is 13.2 Å². The molecule has 0 aromatic carbocycles. The minimum Gasteiger partial charge on any atom is -0.462 e. The molecule has 1 atom stereocenters. The van der Waals surface area contributed by atoms with Crippen molar-refractivity contribution in [2.45, 2.75) is 348 Å². The number of allylic oxidation sites excluding steroid dienone is 16. The number of rotatable bonds is 63. The first-order chi connectivity index (χ1) is 40.0. The van der Waals surface area contributed by atoms with Gasteiger partial charge in [0.25, 0.3) is 0 Å². The second kappa shape index (κ2) is 68.8. The van der Waals surface area contributed by atoms with E-state index in [0.717, 1.165) is 103 Å². The molecule has 0 aliphatic rings. The predicted octanol–water partition coefficient (Wildman–Crippen LogP) is 24.0. The molecule has 81 heavy (non-hydrogen) atoms. The maximum absolute atomic E-state index is 12.9. The number of esters is 3. The molecule has 0 N–H and O–H groups in total. The van der Waals surface area contributed by atoms with Crippen LogP contribution in [0.2, 0.25) is 0 Å². The number of hydrogen-bond acceptors (Lipinski definition) is 6. The first kappa shape index (κ1) is 77.3. The topological polar surface area (TPSA) is 78.9 Å². The molecule has 6 heteroatoms. The summed E-state index contributed by atoms with van der Waals surface area (Å²) in [4.78, 5) is 38.3. The minimum atomic E-state index is -0.777. The molecule has 0 aliphatic carbocycles. The Morgan fingerprint density at radius 2 is 0.481 bits per heavy atom. The minimum absolute atomic E-state index is 0.0744. The first-order valence-corrected chi connectivity index (χ1v) is 34.7. The molecule has 466 valence electrons. The van der Waals surface area contributed by atoms with E-state index in [2.05, 4.69) is 118 Å². The van der Waals surface area contributed by atoms with Gasteiger partial charge in [-0.3, -0.25) is 14.4 Å². The third kappa shape index (κ3) is 67.0. The highest BCUT2D eigenvalue weighted by atomic mass is 16.6. The molecule has 6 nitrogen and oxygen atoms in total. The zero-order chi connectivity index (χ0) is 58.5. The van der Waals surface area contributed by atoms with Crippen molar-refractivity contribution >= 4 is 17.9 Å². The smallest absolute Gasteiger partial charge is 0.306 e. The van der Waals surface area contributed by atoms with Crippen LogP contribution in [0.3, 0.4) is 0 Å². The van der Waals surface area contributed by atoms with Gasteiger partial charge in [0.1, 0.15) is 13.2 Å². The van der Waals surface area contributed by atoms with E-state index in [9.17, 15) is 14.4 Å². The summed E-state index contributed by atoms with van der Waals surface area (Å²) in [6, 6.07) is 0. The van der Waals surface area contributed by atoms with Crippen LogP contribution < -0.4 is 0 Å². The van der Waals surface area contributed by atoms with Gasteiger partial charge in [0.15, 0.2) is 6.10 Å². The number of ether oxygens (including phenoxy) is 3. The molecule has 0 bridgehead atoms. The summed E-state index contributed by atoms with van der Waals surface area (Å²) in [6.45, 7) is 6.54. The molecular formula is C75H130O6. The number of unbranched alkanes of at least 4 members (excludes halogenated alkanes) is 36. The lowest BCUT2D eigenvalue weighted by molar-refractivity contribution is -0.167. The maximum Gasteiger partial charge on any atom is 0.306 e. The Balaban J connectivity index is 4.13. The van der Waals surface area contributed by atoms with Crippen molar-refractivity contribution in [3.8, 4) is 0 Å². The average molecular weight is 1130 g/mol. The molecule has 0 heterocycles. The molecule has 0 aliphatic heterocycles. The van der Waals surface area contributed by atoms with Crippen LogP contribution in [0, 0.1) is 0 Å². The zero-order valence-electron chi connectivity index (χ0n) is 53.5. The van der Waals surface area contributed by atoms with Gasteiger partial charge in [0, 0.05) is 19.3 Å². The molecule has 0 spiro atoms. The van der Waals surface area contributed by atoms with Gasteiger partial charge in [-0.15, -0.1) is 0 Å². The Hall–Kier alpha value is -3.67. The molecule has 0 rings (SSSR count). The Labute approximate surface area is 502 Å². The van der Waals surface area contributed by atoms with Gasteiger partial charge >= 0.3 is 17.9 Å². The Kier molecular flexibility index (Phi) is 65.7. The largest absolute Gasteiger partial charge is 0.462 e. The van der Waals surface area contributed by atoms with E-state index in [0.29, 0.717) is 19.3 Å². The van der Waals surface area contributed by atoms with Crippen LogP contribution in [-0.2, 0) is 28.6 Å². The van der Waals surface area contributed by atoms with E-state index in [-0.39, 0.29) is 31.1 Å². The normalized spacial score (nSPS) is 12.7. The van der Waals surface area contributed by atoms with E-state index < -0.39 is 6.10 Å². The fourth-order valence-corrected chi connectivity index (χ4v) is 9.89. The van der Waals surface area contributed by atoms with E-state index in [1.807, 2.05) is 0 Å². The van der Waals surface area contributed by atoms with Gasteiger partial charge in [0.05, 0.1) is 0 Å². The quantitative estimate of drug-likeness (QED) is 0.0261. The third-order valence-electron chi connectivity index (χ3n) is 15.1. The van der Waals surface area contributed by atoms with Gasteiger partial charge in [0.2, 0.25) is 0 Å². The van der Waals surface area contributed by atoms with Crippen LogP contribution in [0.15, 0.2) is 97.2 Å². The van der Waals surface area contributed by atoms with Crippen LogP contribution in [-0.4, -0.2) is 37.2 Å². The van der Waals surface area contributed by atoms with Gasteiger partial charge in [-0.1, -0.05) is 317 Å². The van der Waals surface area contributed by atoms with Crippen molar-refractivity contribution in [2.24, 2.45) is 0 Å². The lowest BCUT2D eigenvalue weighted by Crippen LogP contribution is -2.30. The standard InChI is InChI=1S/C75H130O6/c1-4-7-10-13-16-19-22-24-26-28-30-31-32-33-34-35-36-37-38-39-40-41-42-43-44-45-46-48-49-51-53-56-59-62-65-68-74(77)80-71-72(70-79-73(76)67-64-61-58-55-21-18-15-12-9-6-3)81-75(78)69-66-63-60-57-54-52-50-47-29-27-25-23-20-17-14-11-8-5-2/h7,10,16,19,24,26-27,29-31,33-34,36-37,39-40,72H,4-6,8-9,11-15,17-18,20-23,25,28,32,35,38,41-71H2,1-3H3/b10-7-,19-16-,26-24-,29-27-,31-30-,34-33-,37-36-,40-39-. The van der Waals surface area contributed by atoms with Crippen molar-refractivity contribution in [1.29, 1.82) is 0 Å². The van der Waals surface area contributed by atoms with E-state index >= 15 is 0 Å². The second-order valence-electron chi connectivity index (χ2n) is 23.1. The summed E-state index contributed by atoms with van der Waals surface area (Å²) >= 11 is 0. The van der Waals surface area contributed by atoms with Crippen LogP contribution in [0.5, 0.6) is 0 Å². The van der Waals surface area contributed by atoms with Crippen LogP contribution in [0.1, 0.15) is 342 Å². The monoisotopic (exact) mass is 1130 g/mol. The first-order valence-electron chi connectivity index (χ1n) is 34.7. The molecule has 1 unspecified atom stereocenters. The molecule has 0 aromatic heterocycles. The summed E-state index contributed by atoms with van der Waals surface area (Å²) in [7, 11) is 0. The average Bonchev–Trinajstić information content (AvgIpc) is 3.47. The molecule has 0 aromatic rings. The SMILES string of the molecule is CC/C=C\C/C=C\C/C=C\C/C=C\C/C=C\C/C=C\C/C=C\CCCCCCCCCCCCCCCC(=O)OCC(COC(=O)CCCCCCCCCCCC)OC(=O)CCCCCCCCC/C=C\CCCCCCCCC. The lowest BCUT2D eigenvalue weighted by atomic mass is 10.0. The Bertz CT molecular complexity index is 1580. The van der Waals surface area contributed by atoms with E-state index in [1.165, 1.54) is 199 Å². The maximum atomic E-state index is 12.9. The molecule has 0 radical (unpaired) electrons. The molecule has 0 saturated carbocycles. The van der Waals surface area contributed by atoms with E-state index in [4.69, 9.17) is 14.2 Å². The highest BCUT2D eigenvalue weighted by molar-refractivity contribution is 5.71. The summed E-state index contributed by atoms with van der Waals surface area (Å²) in [6.07, 6.45) is 93.0. The highest BCUT2D eigenvalue weighted by Gasteiger charge is 2.19. The molecular weight excluding hydrogens is 997 g/mol. The zero-order valence-corrected chi connectivity index (χ0v) is 53.5. The number of carbonyl (C=O) groups is 3. The van der Waals surface area contributed by atoms with Crippen LogP contribution >= 0.6 is 0 Å². The van der Waals surface area contributed by atoms with Crippen molar-refractivity contribution in [3.05, 3.63) is 97.2 Å². The lowest BCUT2D eigenvalue weighted by Gasteiger charge is -2.18. The molecule has 0 amide bonds. The summed E-state index contributed by atoms with van der Waals surface area (Å²) < 4.78 is 16.9. The molecule has 0 fully saturated rings. The van der Waals surface area contributed by atoms with Gasteiger partial charge in [-0.2, -0.15) is 0 Å².